The van der Waals surface area contributed by atoms with Crippen LogP contribution in [0.15, 0.2) is 53.5 Å². The third-order valence-corrected chi connectivity index (χ3v) is 5.87. The van der Waals surface area contributed by atoms with Gasteiger partial charge >= 0.3 is 18.4 Å². The molecule has 0 unspecified atom stereocenters. The Hall–Kier alpha value is -4.09. The Bertz CT molecular complexity index is 1220. The number of carbonyl (C=O) groups excluding carboxylic acids is 3. The predicted molar refractivity (Wildman–Crippen MR) is 137 cm³/mol. The van der Waals surface area contributed by atoms with E-state index in [1.54, 1.807) is 51.1 Å². The average molecular weight is 549 g/mol. The second kappa shape index (κ2) is 12.2. The Morgan fingerprint density at radius 3 is 2.28 bits per heavy atom. The van der Waals surface area contributed by atoms with E-state index in [1.165, 1.54) is 17.0 Å². The van der Waals surface area contributed by atoms with Gasteiger partial charge in [0.05, 0.1) is 5.56 Å². The number of hydrogen-bond donors (Lipinski definition) is 2. The zero-order valence-corrected chi connectivity index (χ0v) is 21.9. The molecule has 0 saturated carbocycles. The SMILES string of the molecule is CC(C)(C)OC(=O)N1CCC(c2ccc(C(=O)N/C(N)=N\C(=O)OCc3ccccc3)cc2C(F)(F)F)CC1. The van der Waals surface area contributed by atoms with E-state index < -0.39 is 47.3 Å². The van der Waals surface area contributed by atoms with Crippen LogP contribution < -0.4 is 11.1 Å². The van der Waals surface area contributed by atoms with Crippen molar-refractivity contribution in [3.8, 4) is 0 Å². The second-order valence-corrected chi connectivity index (χ2v) is 10.0. The Balaban J connectivity index is 1.66. The summed E-state index contributed by atoms with van der Waals surface area (Å²) in [5, 5.41) is 2.10. The summed E-state index contributed by atoms with van der Waals surface area (Å²) in [6.07, 6.45) is -5.70. The molecular weight excluding hydrogens is 517 g/mol. The molecule has 1 saturated heterocycles. The van der Waals surface area contributed by atoms with Crippen LogP contribution in [0.5, 0.6) is 0 Å². The van der Waals surface area contributed by atoms with E-state index in [9.17, 15) is 27.6 Å². The minimum atomic E-state index is -4.73. The first-order chi connectivity index (χ1) is 18.2. The number of halogens is 3. The largest absolute Gasteiger partial charge is 0.444 e. The Morgan fingerprint density at radius 2 is 1.69 bits per heavy atom. The van der Waals surface area contributed by atoms with Gasteiger partial charge in [-0.3, -0.25) is 10.1 Å². The van der Waals surface area contributed by atoms with Crippen LogP contribution in [-0.2, 0) is 22.3 Å². The number of alkyl halides is 3. The molecule has 0 radical (unpaired) electrons. The van der Waals surface area contributed by atoms with E-state index in [-0.39, 0.29) is 30.8 Å². The van der Waals surface area contributed by atoms with Gasteiger partial charge in [-0.2, -0.15) is 13.2 Å². The van der Waals surface area contributed by atoms with E-state index in [1.807, 2.05) is 0 Å². The number of amides is 3. The lowest BCUT2D eigenvalue weighted by Gasteiger charge is -2.34. The normalized spacial score (nSPS) is 15.0. The minimum Gasteiger partial charge on any atom is -0.444 e. The van der Waals surface area contributed by atoms with Crippen LogP contribution in [0.2, 0.25) is 0 Å². The molecule has 9 nitrogen and oxygen atoms in total. The predicted octanol–water partition coefficient (Wildman–Crippen LogP) is 5.20. The van der Waals surface area contributed by atoms with Crippen molar-refractivity contribution in [3.05, 3.63) is 70.8 Å². The van der Waals surface area contributed by atoms with Gasteiger partial charge < -0.3 is 20.1 Å². The van der Waals surface area contributed by atoms with E-state index >= 15 is 0 Å². The molecule has 3 rings (SSSR count). The van der Waals surface area contributed by atoms with Crippen LogP contribution in [0, 0.1) is 0 Å². The highest BCUT2D eigenvalue weighted by molar-refractivity contribution is 6.07. The van der Waals surface area contributed by atoms with E-state index in [4.69, 9.17) is 15.2 Å². The van der Waals surface area contributed by atoms with Gasteiger partial charge in [0.1, 0.15) is 12.2 Å². The molecule has 3 N–H and O–H groups in total. The number of nitrogens with zero attached hydrogens (tertiary/aromatic N) is 2. The van der Waals surface area contributed by atoms with Crippen molar-refractivity contribution in [1.82, 2.24) is 10.2 Å². The standard InChI is InChI=1S/C27H31F3N4O5/c1-26(2,3)39-25(37)34-13-11-18(12-14-34)20-10-9-19(15-21(20)27(28,29)30)22(35)32-23(31)33-24(36)38-16-17-7-5-4-6-8-17/h4-10,15,18H,11-14,16H2,1-3H3,(H3,31,32,33,35,36). The highest BCUT2D eigenvalue weighted by atomic mass is 19.4. The third-order valence-electron chi connectivity index (χ3n) is 5.87. The van der Waals surface area contributed by atoms with Gasteiger partial charge in [-0.15, -0.1) is 4.99 Å². The quantitative estimate of drug-likeness (QED) is 0.400. The first kappa shape index (κ1) is 29.5. The molecule has 0 spiro atoms. The molecule has 1 aliphatic rings. The van der Waals surface area contributed by atoms with Crippen LogP contribution >= 0.6 is 0 Å². The van der Waals surface area contributed by atoms with E-state index in [0.717, 1.165) is 6.07 Å². The number of rotatable bonds is 4. The fourth-order valence-corrected chi connectivity index (χ4v) is 4.06. The van der Waals surface area contributed by atoms with Crippen molar-refractivity contribution in [2.24, 2.45) is 10.7 Å². The Morgan fingerprint density at radius 1 is 1.05 bits per heavy atom. The average Bonchev–Trinajstić information content (AvgIpc) is 2.86. The van der Waals surface area contributed by atoms with Crippen molar-refractivity contribution in [1.29, 1.82) is 0 Å². The molecule has 12 heteroatoms. The van der Waals surface area contributed by atoms with Crippen molar-refractivity contribution in [3.63, 3.8) is 0 Å². The fourth-order valence-electron chi connectivity index (χ4n) is 4.06. The second-order valence-electron chi connectivity index (χ2n) is 10.0. The number of ether oxygens (including phenoxy) is 2. The molecule has 0 atom stereocenters. The summed E-state index contributed by atoms with van der Waals surface area (Å²) in [4.78, 5) is 41.6. The monoisotopic (exact) mass is 548 g/mol. The topological polar surface area (TPSA) is 123 Å². The van der Waals surface area contributed by atoms with Crippen LogP contribution in [0.3, 0.4) is 0 Å². The molecule has 39 heavy (non-hydrogen) atoms. The van der Waals surface area contributed by atoms with Gasteiger partial charge in [-0.25, -0.2) is 9.59 Å². The first-order valence-electron chi connectivity index (χ1n) is 12.3. The fraction of sp³-hybridized carbons (Fsp3) is 0.407. The number of hydrogen-bond acceptors (Lipinski definition) is 5. The van der Waals surface area contributed by atoms with Gasteiger partial charge in [-0.05, 0) is 62.8 Å². The summed E-state index contributed by atoms with van der Waals surface area (Å²) < 4.78 is 52.2. The van der Waals surface area contributed by atoms with Crippen LogP contribution in [0.4, 0.5) is 22.8 Å². The van der Waals surface area contributed by atoms with Crippen molar-refractivity contribution in [2.75, 3.05) is 13.1 Å². The summed E-state index contributed by atoms with van der Waals surface area (Å²) in [5.74, 6) is -2.06. The van der Waals surface area contributed by atoms with Crippen molar-refractivity contribution < 1.29 is 37.0 Å². The summed E-state index contributed by atoms with van der Waals surface area (Å²) >= 11 is 0. The smallest absolute Gasteiger partial charge is 0.437 e. The van der Waals surface area contributed by atoms with Crippen molar-refractivity contribution >= 4 is 24.1 Å². The van der Waals surface area contributed by atoms with Crippen LogP contribution in [0.1, 0.15) is 66.6 Å². The van der Waals surface area contributed by atoms with Crippen LogP contribution in [0.25, 0.3) is 0 Å². The van der Waals surface area contributed by atoms with E-state index in [2.05, 4.69) is 10.3 Å². The Labute approximate surface area is 224 Å². The molecule has 1 fully saturated rings. The maximum Gasteiger partial charge on any atom is 0.437 e. The molecule has 210 valence electrons. The number of guanidine groups is 1. The number of aliphatic imine (C=N–C) groups is 1. The summed E-state index contributed by atoms with van der Waals surface area (Å²) in [6, 6.07) is 12.0. The zero-order chi connectivity index (χ0) is 28.8. The Kier molecular flexibility index (Phi) is 9.20. The third kappa shape index (κ3) is 8.72. The minimum absolute atomic E-state index is 0.0361. The number of nitrogens with two attached hydrogens (primary N) is 1. The molecule has 2 aromatic rings. The molecule has 0 bridgehead atoms. The highest BCUT2D eigenvalue weighted by Gasteiger charge is 2.37. The zero-order valence-electron chi connectivity index (χ0n) is 21.9. The lowest BCUT2D eigenvalue weighted by Crippen LogP contribution is -2.41. The maximum absolute atomic E-state index is 14.0. The number of carbonyl (C=O) groups is 3. The first-order valence-corrected chi connectivity index (χ1v) is 12.3. The van der Waals surface area contributed by atoms with E-state index in [0.29, 0.717) is 18.4 Å². The van der Waals surface area contributed by atoms with Crippen LogP contribution in [-0.4, -0.2) is 47.6 Å². The number of likely N-dealkylation sites (tertiary alicyclic amines) is 1. The molecule has 2 aromatic carbocycles. The molecule has 3 amide bonds. The molecule has 1 heterocycles. The lowest BCUT2D eigenvalue weighted by atomic mass is 9.85. The highest BCUT2D eigenvalue weighted by Crippen LogP contribution is 2.39. The van der Waals surface area contributed by atoms with Gasteiger partial charge in [0.25, 0.3) is 5.91 Å². The molecule has 0 aliphatic carbocycles. The summed E-state index contributed by atoms with van der Waals surface area (Å²) in [5.41, 5.74) is 4.38. The van der Waals surface area contributed by atoms with Gasteiger partial charge in [0, 0.05) is 18.7 Å². The van der Waals surface area contributed by atoms with Gasteiger partial charge in [-0.1, -0.05) is 36.4 Å². The number of piperidine rings is 1. The summed E-state index contributed by atoms with van der Waals surface area (Å²) in [6.45, 7) is 5.63. The summed E-state index contributed by atoms with van der Waals surface area (Å²) in [7, 11) is 0. The number of nitrogens with one attached hydrogen (secondary N) is 1. The van der Waals surface area contributed by atoms with Crippen molar-refractivity contribution in [2.45, 2.75) is 57.9 Å². The molecular formula is C27H31F3N4O5. The lowest BCUT2D eigenvalue weighted by molar-refractivity contribution is -0.138. The molecule has 0 aromatic heterocycles. The maximum atomic E-state index is 14.0. The number of benzene rings is 2. The van der Waals surface area contributed by atoms with Gasteiger partial charge in [0.15, 0.2) is 0 Å². The van der Waals surface area contributed by atoms with Gasteiger partial charge in [0.2, 0.25) is 5.96 Å². The molecule has 1 aliphatic heterocycles.